The standard InChI is InChI=1S/C20H19N3O2/c1-22-13-18(24)21-19-15-9-5-6-10-17(15)23(12-16(19)20(22)25)11-14-7-3-2-4-8-14/h2-10,12,19H,11,13H2,1H3,(H,21,24). The van der Waals surface area contributed by atoms with E-state index in [1.165, 1.54) is 4.90 Å². The molecule has 0 spiro atoms. The van der Waals surface area contributed by atoms with E-state index in [1.807, 2.05) is 48.7 Å². The van der Waals surface area contributed by atoms with Gasteiger partial charge in [-0.1, -0.05) is 48.5 Å². The van der Waals surface area contributed by atoms with Gasteiger partial charge in [0, 0.05) is 31.0 Å². The first-order chi connectivity index (χ1) is 12.1. The number of nitrogens with one attached hydrogen (secondary N) is 1. The molecule has 25 heavy (non-hydrogen) atoms. The highest BCUT2D eigenvalue weighted by Gasteiger charge is 2.36. The number of likely N-dealkylation sites (N-methyl/N-ethyl adjacent to an activating group) is 1. The molecule has 0 aliphatic carbocycles. The number of carbonyl (C=O) groups is 2. The van der Waals surface area contributed by atoms with Gasteiger partial charge in [-0.25, -0.2) is 0 Å². The molecular formula is C20H19N3O2. The summed E-state index contributed by atoms with van der Waals surface area (Å²) in [5.74, 6) is -0.258. The molecule has 5 heteroatoms. The molecule has 1 saturated heterocycles. The maximum absolute atomic E-state index is 12.8. The van der Waals surface area contributed by atoms with Gasteiger partial charge in [-0.2, -0.15) is 0 Å². The molecule has 2 aromatic rings. The molecule has 2 heterocycles. The molecule has 2 aliphatic rings. The van der Waals surface area contributed by atoms with Crippen LogP contribution < -0.4 is 10.2 Å². The molecule has 0 bridgehead atoms. The molecule has 0 aromatic heterocycles. The van der Waals surface area contributed by atoms with Crippen molar-refractivity contribution in [2.24, 2.45) is 0 Å². The van der Waals surface area contributed by atoms with Crippen molar-refractivity contribution in [2.45, 2.75) is 12.6 Å². The molecule has 0 radical (unpaired) electrons. The van der Waals surface area contributed by atoms with Crippen LogP contribution in [0.4, 0.5) is 5.69 Å². The van der Waals surface area contributed by atoms with Crippen molar-refractivity contribution in [1.29, 1.82) is 0 Å². The van der Waals surface area contributed by atoms with Gasteiger partial charge in [-0.05, 0) is 11.6 Å². The third-order valence-electron chi connectivity index (χ3n) is 4.64. The van der Waals surface area contributed by atoms with Gasteiger partial charge in [0.05, 0.1) is 18.2 Å². The molecule has 1 N–H and O–H groups in total. The lowest BCUT2D eigenvalue weighted by molar-refractivity contribution is -0.130. The van der Waals surface area contributed by atoms with E-state index >= 15 is 0 Å². The minimum Gasteiger partial charge on any atom is -0.343 e. The first-order valence-electron chi connectivity index (χ1n) is 8.29. The number of hydrogen-bond acceptors (Lipinski definition) is 3. The normalized spacial score (nSPS) is 19.6. The van der Waals surface area contributed by atoms with E-state index < -0.39 is 6.04 Å². The molecule has 0 saturated carbocycles. The molecule has 1 unspecified atom stereocenters. The average molecular weight is 333 g/mol. The van der Waals surface area contributed by atoms with Crippen LogP contribution in [0.3, 0.4) is 0 Å². The highest BCUT2D eigenvalue weighted by Crippen LogP contribution is 2.38. The Balaban J connectivity index is 1.80. The Morgan fingerprint density at radius 1 is 1.04 bits per heavy atom. The number of amides is 2. The van der Waals surface area contributed by atoms with Crippen molar-refractivity contribution < 1.29 is 9.59 Å². The first kappa shape index (κ1) is 15.4. The van der Waals surface area contributed by atoms with Crippen molar-refractivity contribution in [3.8, 4) is 0 Å². The number of rotatable bonds is 2. The van der Waals surface area contributed by atoms with Crippen LogP contribution in [0.2, 0.25) is 0 Å². The summed E-state index contributed by atoms with van der Waals surface area (Å²) in [6, 6.07) is 17.6. The lowest BCUT2D eigenvalue weighted by Crippen LogP contribution is -2.34. The molecule has 2 aliphatic heterocycles. The number of fused-ring (bicyclic) bond motifs is 3. The summed E-state index contributed by atoms with van der Waals surface area (Å²) in [5.41, 5.74) is 3.72. The zero-order valence-corrected chi connectivity index (χ0v) is 14.0. The predicted molar refractivity (Wildman–Crippen MR) is 95.7 cm³/mol. The smallest absolute Gasteiger partial charge is 0.253 e. The van der Waals surface area contributed by atoms with Crippen LogP contribution in [0.25, 0.3) is 0 Å². The third kappa shape index (κ3) is 2.78. The Hall–Kier alpha value is -3.08. The Kier molecular flexibility index (Phi) is 3.76. The number of nitrogens with zero attached hydrogens (tertiary/aromatic N) is 2. The topological polar surface area (TPSA) is 52.7 Å². The molecular weight excluding hydrogens is 314 g/mol. The SMILES string of the molecule is CN1CC(=O)NC2C(=CN(Cc3ccccc3)c3ccccc32)C1=O. The highest BCUT2D eigenvalue weighted by molar-refractivity contribution is 6.01. The second-order valence-electron chi connectivity index (χ2n) is 6.42. The summed E-state index contributed by atoms with van der Waals surface area (Å²) >= 11 is 0. The number of carbonyl (C=O) groups excluding carboxylic acids is 2. The first-order valence-corrected chi connectivity index (χ1v) is 8.29. The summed E-state index contributed by atoms with van der Waals surface area (Å²) in [7, 11) is 1.66. The third-order valence-corrected chi connectivity index (χ3v) is 4.64. The van der Waals surface area contributed by atoms with Gasteiger partial charge >= 0.3 is 0 Å². The largest absolute Gasteiger partial charge is 0.343 e. The minimum absolute atomic E-state index is 0.0769. The Bertz CT molecular complexity index is 860. The van der Waals surface area contributed by atoms with E-state index in [2.05, 4.69) is 22.3 Å². The summed E-state index contributed by atoms with van der Waals surface area (Å²) in [6.45, 7) is 0.743. The molecule has 1 fully saturated rings. The molecule has 5 nitrogen and oxygen atoms in total. The van der Waals surface area contributed by atoms with Gasteiger partial charge in [0.1, 0.15) is 0 Å². The van der Waals surface area contributed by atoms with E-state index in [4.69, 9.17) is 0 Å². The van der Waals surface area contributed by atoms with E-state index in [0.717, 1.165) is 16.8 Å². The molecule has 2 amide bonds. The van der Waals surface area contributed by atoms with Crippen LogP contribution in [-0.2, 0) is 16.1 Å². The minimum atomic E-state index is -0.395. The molecule has 1 atom stereocenters. The van der Waals surface area contributed by atoms with Crippen molar-refractivity contribution >= 4 is 17.5 Å². The van der Waals surface area contributed by atoms with Gasteiger partial charge < -0.3 is 15.1 Å². The zero-order chi connectivity index (χ0) is 17.4. The fourth-order valence-corrected chi connectivity index (χ4v) is 3.43. The maximum atomic E-state index is 12.8. The Morgan fingerprint density at radius 2 is 1.76 bits per heavy atom. The summed E-state index contributed by atoms with van der Waals surface area (Å²) in [4.78, 5) is 28.5. The van der Waals surface area contributed by atoms with Crippen molar-refractivity contribution in [3.63, 3.8) is 0 Å². The Morgan fingerprint density at radius 3 is 2.56 bits per heavy atom. The summed E-state index contributed by atoms with van der Waals surface area (Å²) < 4.78 is 0. The van der Waals surface area contributed by atoms with Gasteiger partial charge in [-0.3, -0.25) is 9.59 Å². The zero-order valence-electron chi connectivity index (χ0n) is 14.0. The quantitative estimate of drug-likeness (QED) is 0.917. The fraction of sp³-hybridized carbons (Fsp3) is 0.200. The van der Waals surface area contributed by atoms with Crippen molar-refractivity contribution in [3.05, 3.63) is 77.5 Å². The Labute approximate surface area is 146 Å². The molecule has 4 rings (SSSR count). The summed E-state index contributed by atoms with van der Waals surface area (Å²) in [6.07, 6.45) is 1.88. The lowest BCUT2D eigenvalue weighted by Gasteiger charge is -2.33. The van der Waals surface area contributed by atoms with Gasteiger partial charge in [-0.15, -0.1) is 0 Å². The van der Waals surface area contributed by atoms with E-state index in [1.54, 1.807) is 7.05 Å². The highest BCUT2D eigenvalue weighted by atomic mass is 16.2. The van der Waals surface area contributed by atoms with Crippen LogP contribution in [0.15, 0.2) is 66.4 Å². The average Bonchev–Trinajstić information content (AvgIpc) is 2.73. The maximum Gasteiger partial charge on any atom is 0.253 e. The fourth-order valence-electron chi connectivity index (χ4n) is 3.43. The van der Waals surface area contributed by atoms with Gasteiger partial charge in [0.2, 0.25) is 5.91 Å². The molecule has 126 valence electrons. The van der Waals surface area contributed by atoms with E-state index in [-0.39, 0.29) is 18.4 Å². The van der Waals surface area contributed by atoms with E-state index in [9.17, 15) is 9.59 Å². The van der Waals surface area contributed by atoms with Gasteiger partial charge in [0.25, 0.3) is 5.91 Å². The van der Waals surface area contributed by atoms with Crippen LogP contribution in [-0.4, -0.2) is 30.3 Å². The van der Waals surface area contributed by atoms with Crippen LogP contribution >= 0.6 is 0 Å². The second kappa shape index (κ2) is 6.09. The second-order valence-corrected chi connectivity index (χ2v) is 6.42. The monoisotopic (exact) mass is 333 g/mol. The van der Waals surface area contributed by atoms with Crippen LogP contribution in [0.5, 0.6) is 0 Å². The summed E-state index contributed by atoms with van der Waals surface area (Å²) in [5, 5.41) is 2.99. The number of benzene rings is 2. The number of para-hydroxylation sites is 1. The van der Waals surface area contributed by atoms with Crippen LogP contribution in [0.1, 0.15) is 17.2 Å². The van der Waals surface area contributed by atoms with Crippen molar-refractivity contribution in [2.75, 3.05) is 18.5 Å². The van der Waals surface area contributed by atoms with Crippen molar-refractivity contribution in [1.82, 2.24) is 10.2 Å². The van der Waals surface area contributed by atoms with Crippen LogP contribution in [0, 0.1) is 0 Å². The number of anilines is 1. The number of hydrogen-bond donors (Lipinski definition) is 1. The predicted octanol–water partition coefficient (Wildman–Crippen LogP) is 2.22. The van der Waals surface area contributed by atoms with Gasteiger partial charge in [0.15, 0.2) is 0 Å². The lowest BCUT2D eigenvalue weighted by atomic mass is 9.93. The molecule has 2 aromatic carbocycles. The van der Waals surface area contributed by atoms with E-state index in [0.29, 0.717) is 12.1 Å².